The third-order valence-electron chi connectivity index (χ3n) is 10.3. The topological polar surface area (TPSA) is 63.0 Å². The lowest BCUT2D eigenvalue weighted by atomic mass is 9.94. The summed E-state index contributed by atoms with van der Waals surface area (Å²) in [5.74, 6) is 1.55. The van der Waals surface area contributed by atoms with Gasteiger partial charge in [-0.15, -0.1) is 0 Å². The van der Waals surface area contributed by atoms with Crippen molar-refractivity contribution in [1.29, 1.82) is 0 Å². The van der Waals surface area contributed by atoms with E-state index in [1.807, 2.05) is 48.5 Å². The first-order valence-electron chi connectivity index (χ1n) is 17.5. The number of aliphatic imine (C=N–C) groups is 2. The van der Waals surface area contributed by atoms with E-state index < -0.39 is 6.17 Å². The largest absolute Gasteiger partial charge is 0.456 e. The summed E-state index contributed by atoms with van der Waals surface area (Å²) in [5.41, 5.74) is 8.40. The lowest BCUT2D eigenvalue weighted by molar-refractivity contribution is 0.668. The molecule has 3 heterocycles. The van der Waals surface area contributed by atoms with Crippen LogP contribution in [0.2, 0.25) is 0 Å². The fraction of sp³-hybridized carbons (Fsp3) is 0.0213. The predicted molar refractivity (Wildman–Crippen MR) is 213 cm³/mol. The molecule has 1 unspecified atom stereocenters. The Labute approximate surface area is 298 Å². The molecule has 244 valence electrons. The zero-order chi connectivity index (χ0) is 34.2. The standard InChI is InChI=1S/C47H29N3O2/c1-2-13-28(14-3-1)45-48-46(50-47(49-45)38-27-29-15-4-5-16-30(29)31-17-6-7-18-32(31)38)37-26-25-34(44-43(37)36-20-9-11-23-40(36)52-44)33-21-12-24-41-42(33)35-19-8-10-22-39(35)51-41/h1-27,46H,(H,48,49,50). The van der Waals surface area contributed by atoms with Gasteiger partial charge in [0, 0.05) is 43.8 Å². The zero-order valence-electron chi connectivity index (χ0n) is 27.9. The maximum Gasteiger partial charge on any atom is 0.170 e. The molecule has 2 aromatic heterocycles. The van der Waals surface area contributed by atoms with Gasteiger partial charge in [0.1, 0.15) is 34.0 Å². The van der Waals surface area contributed by atoms with Crippen molar-refractivity contribution in [1.82, 2.24) is 5.32 Å². The summed E-state index contributed by atoms with van der Waals surface area (Å²) >= 11 is 0. The first-order chi connectivity index (χ1) is 25.8. The summed E-state index contributed by atoms with van der Waals surface area (Å²) in [6.45, 7) is 0. The van der Waals surface area contributed by atoms with Gasteiger partial charge in [0.15, 0.2) is 6.17 Å². The van der Waals surface area contributed by atoms with E-state index >= 15 is 0 Å². The third-order valence-corrected chi connectivity index (χ3v) is 10.3. The van der Waals surface area contributed by atoms with Gasteiger partial charge < -0.3 is 14.2 Å². The Morgan fingerprint density at radius 3 is 1.88 bits per heavy atom. The van der Waals surface area contributed by atoms with E-state index in [0.29, 0.717) is 0 Å². The second kappa shape index (κ2) is 11.3. The number of rotatable bonds is 4. The number of para-hydroxylation sites is 2. The van der Waals surface area contributed by atoms with Gasteiger partial charge >= 0.3 is 0 Å². The van der Waals surface area contributed by atoms with Crippen LogP contribution in [0.5, 0.6) is 0 Å². The molecule has 8 aromatic carbocycles. The van der Waals surface area contributed by atoms with E-state index in [1.54, 1.807) is 0 Å². The smallest absolute Gasteiger partial charge is 0.170 e. The van der Waals surface area contributed by atoms with E-state index in [-0.39, 0.29) is 0 Å². The number of fused-ring (bicyclic) bond motifs is 9. The summed E-state index contributed by atoms with van der Waals surface area (Å²) in [6.07, 6.45) is -0.542. The molecule has 10 aromatic rings. The minimum absolute atomic E-state index is 0.542. The second-order valence-electron chi connectivity index (χ2n) is 13.3. The Kier molecular flexibility index (Phi) is 6.25. The lowest BCUT2D eigenvalue weighted by Gasteiger charge is -2.24. The lowest BCUT2D eigenvalue weighted by Crippen LogP contribution is -2.36. The molecule has 0 radical (unpaired) electrons. The van der Waals surface area contributed by atoms with E-state index in [9.17, 15) is 0 Å². The molecular formula is C47H29N3O2. The Bertz CT molecular complexity index is 3110. The fourth-order valence-electron chi connectivity index (χ4n) is 8.00. The summed E-state index contributed by atoms with van der Waals surface area (Å²) in [4.78, 5) is 10.8. The minimum atomic E-state index is -0.542. The SMILES string of the molecule is c1ccc(C2=NC(c3ccc(-c4cccc5oc6ccccc6c45)c4oc5ccccc5c34)N=C(c3cc4ccccc4c4ccccc34)N2)cc1. The van der Waals surface area contributed by atoms with Crippen LogP contribution in [-0.4, -0.2) is 11.7 Å². The molecule has 11 rings (SSSR count). The molecule has 0 saturated carbocycles. The van der Waals surface area contributed by atoms with Crippen LogP contribution in [0, 0.1) is 0 Å². The van der Waals surface area contributed by atoms with Crippen molar-refractivity contribution in [3.63, 3.8) is 0 Å². The highest BCUT2D eigenvalue weighted by molar-refractivity contribution is 6.24. The Balaban J connectivity index is 1.18. The molecule has 1 atom stereocenters. The van der Waals surface area contributed by atoms with E-state index in [0.717, 1.165) is 94.1 Å². The van der Waals surface area contributed by atoms with Crippen LogP contribution in [0.1, 0.15) is 22.9 Å². The van der Waals surface area contributed by atoms with Crippen LogP contribution < -0.4 is 5.32 Å². The van der Waals surface area contributed by atoms with Gasteiger partial charge in [-0.05, 0) is 51.4 Å². The van der Waals surface area contributed by atoms with Gasteiger partial charge in [-0.3, -0.25) is 0 Å². The van der Waals surface area contributed by atoms with Crippen molar-refractivity contribution >= 4 is 77.1 Å². The van der Waals surface area contributed by atoms with Gasteiger partial charge in [0.05, 0.1) is 0 Å². The van der Waals surface area contributed by atoms with Gasteiger partial charge in [-0.2, -0.15) is 0 Å². The van der Waals surface area contributed by atoms with Crippen LogP contribution in [0.4, 0.5) is 0 Å². The third kappa shape index (κ3) is 4.36. The van der Waals surface area contributed by atoms with Crippen LogP contribution >= 0.6 is 0 Å². The van der Waals surface area contributed by atoms with Crippen molar-refractivity contribution in [2.24, 2.45) is 9.98 Å². The number of nitrogens with one attached hydrogen (secondary N) is 1. The minimum Gasteiger partial charge on any atom is -0.456 e. The van der Waals surface area contributed by atoms with E-state index in [2.05, 4.69) is 121 Å². The van der Waals surface area contributed by atoms with Gasteiger partial charge in [-0.1, -0.05) is 140 Å². The summed E-state index contributed by atoms with van der Waals surface area (Å²) in [6, 6.07) is 56.7. The average molecular weight is 668 g/mol. The Hall–Kier alpha value is -6.98. The Morgan fingerprint density at radius 2 is 1.06 bits per heavy atom. The van der Waals surface area contributed by atoms with Crippen molar-refractivity contribution in [3.05, 3.63) is 180 Å². The highest BCUT2D eigenvalue weighted by Crippen LogP contribution is 2.45. The maximum atomic E-state index is 6.79. The predicted octanol–water partition coefficient (Wildman–Crippen LogP) is 12.0. The number of hydrogen-bond acceptors (Lipinski definition) is 5. The van der Waals surface area contributed by atoms with Gasteiger partial charge in [-0.25, -0.2) is 9.98 Å². The van der Waals surface area contributed by atoms with Crippen LogP contribution in [0.15, 0.2) is 183 Å². The zero-order valence-corrected chi connectivity index (χ0v) is 27.9. The summed E-state index contributed by atoms with van der Waals surface area (Å²) in [7, 11) is 0. The van der Waals surface area contributed by atoms with Crippen molar-refractivity contribution in [2.45, 2.75) is 6.17 Å². The van der Waals surface area contributed by atoms with Crippen molar-refractivity contribution < 1.29 is 8.83 Å². The van der Waals surface area contributed by atoms with E-state index in [4.69, 9.17) is 18.8 Å². The molecule has 0 spiro atoms. The fourth-order valence-corrected chi connectivity index (χ4v) is 8.00. The summed E-state index contributed by atoms with van der Waals surface area (Å²) < 4.78 is 13.1. The van der Waals surface area contributed by atoms with Crippen molar-refractivity contribution in [3.8, 4) is 11.1 Å². The number of furan rings is 2. The molecule has 1 N–H and O–H groups in total. The van der Waals surface area contributed by atoms with Gasteiger partial charge in [0.25, 0.3) is 0 Å². The highest BCUT2D eigenvalue weighted by Gasteiger charge is 2.27. The first-order valence-corrected chi connectivity index (χ1v) is 17.5. The van der Waals surface area contributed by atoms with Gasteiger partial charge in [0.2, 0.25) is 0 Å². The monoisotopic (exact) mass is 667 g/mol. The normalized spacial score (nSPS) is 14.7. The molecule has 1 aliphatic heterocycles. The number of nitrogens with zero attached hydrogens (tertiary/aromatic N) is 2. The molecule has 0 amide bonds. The molecule has 5 heteroatoms. The molecule has 0 fully saturated rings. The maximum absolute atomic E-state index is 6.79. The molecule has 0 saturated heterocycles. The first kappa shape index (κ1) is 28.8. The number of benzene rings is 8. The number of hydrogen-bond donors (Lipinski definition) is 1. The Morgan fingerprint density at radius 1 is 0.423 bits per heavy atom. The molecular weight excluding hydrogens is 639 g/mol. The van der Waals surface area contributed by atoms with E-state index in [1.165, 1.54) is 10.8 Å². The van der Waals surface area contributed by atoms with Crippen LogP contribution in [-0.2, 0) is 0 Å². The van der Waals surface area contributed by atoms with Crippen LogP contribution in [0.25, 0.3) is 76.5 Å². The molecule has 52 heavy (non-hydrogen) atoms. The molecule has 0 bridgehead atoms. The molecule has 5 nitrogen and oxygen atoms in total. The van der Waals surface area contributed by atoms with Crippen molar-refractivity contribution in [2.75, 3.05) is 0 Å². The molecule has 0 aliphatic carbocycles. The quantitative estimate of drug-likeness (QED) is 0.190. The number of amidine groups is 2. The molecule has 1 aliphatic rings. The second-order valence-corrected chi connectivity index (χ2v) is 13.3. The summed E-state index contributed by atoms with van der Waals surface area (Å²) in [5, 5.41) is 12.5. The van der Waals surface area contributed by atoms with Crippen LogP contribution in [0.3, 0.4) is 0 Å². The average Bonchev–Trinajstić information content (AvgIpc) is 3.80. The highest BCUT2D eigenvalue weighted by atomic mass is 16.3.